The summed E-state index contributed by atoms with van der Waals surface area (Å²) in [6, 6.07) is 12.3. The molecule has 1 aliphatic heterocycles. The van der Waals surface area contributed by atoms with Crippen LogP contribution in [0.4, 0.5) is 0 Å². The third kappa shape index (κ3) is 5.21. The molecule has 0 saturated heterocycles. The lowest BCUT2D eigenvalue weighted by Gasteiger charge is -2.23. The number of sulfonamides is 1. The molecule has 2 aliphatic rings. The summed E-state index contributed by atoms with van der Waals surface area (Å²) in [5.74, 6) is 0.209. The van der Waals surface area contributed by atoms with Crippen LogP contribution in [0.1, 0.15) is 18.4 Å². The van der Waals surface area contributed by atoms with Crippen molar-refractivity contribution in [3.8, 4) is 11.5 Å². The third-order valence-electron chi connectivity index (χ3n) is 5.49. The zero-order valence-corrected chi connectivity index (χ0v) is 18.7. The van der Waals surface area contributed by atoms with Crippen molar-refractivity contribution in [1.29, 1.82) is 0 Å². The number of allylic oxidation sites excluding steroid dienone is 3. The van der Waals surface area contributed by atoms with Gasteiger partial charge in [-0.2, -0.15) is 0 Å². The Balaban J connectivity index is 1.34. The molecule has 4 N–H and O–H groups in total. The van der Waals surface area contributed by atoms with Crippen molar-refractivity contribution in [2.75, 3.05) is 13.1 Å². The Morgan fingerprint density at radius 2 is 1.70 bits per heavy atom. The molecular weight excluding hydrogens is 437 g/mol. The lowest BCUT2D eigenvalue weighted by Crippen LogP contribution is -2.28. The van der Waals surface area contributed by atoms with E-state index in [2.05, 4.69) is 15.0 Å². The number of phenols is 2. The lowest BCUT2D eigenvalue weighted by molar-refractivity contribution is 0.473. The van der Waals surface area contributed by atoms with Gasteiger partial charge in [-0.1, -0.05) is 23.7 Å². The molecule has 0 saturated carbocycles. The molecule has 9 heteroatoms. The Hall–Kier alpha value is -3.30. The van der Waals surface area contributed by atoms with Gasteiger partial charge in [0.15, 0.2) is 0 Å². The normalized spacial score (nSPS) is 17.5. The first-order valence-electron chi connectivity index (χ1n) is 10.6. The molecule has 2 radical (unpaired) electrons. The number of rotatable bonds is 9. The zero-order chi connectivity index (χ0) is 23.4. The molecule has 0 aromatic heterocycles. The quantitative estimate of drug-likeness (QED) is 0.339. The average molecular weight is 461 g/mol. The SMILES string of the molecule is [B]C1=C2C=C(c3ccccc3O)C=C(NCCCCNS(=O)(=O)c3ccc(O)cc3)C2N=C1. The highest BCUT2D eigenvalue weighted by molar-refractivity contribution is 7.89. The maximum absolute atomic E-state index is 12.3. The molecule has 1 atom stereocenters. The minimum Gasteiger partial charge on any atom is -0.508 e. The van der Waals surface area contributed by atoms with Gasteiger partial charge in [0.05, 0.1) is 4.90 Å². The van der Waals surface area contributed by atoms with E-state index in [4.69, 9.17) is 7.85 Å². The molecule has 1 unspecified atom stereocenters. The first kappa shape index (κ1) is 22.9. The predicted molar refractivity (Wildman–Crippen MR) is 130 cm³/mol. The number of benzene rings is 2. The average Bonchev–Trinajstić information content (AvgIpc) is 3.17. The second-order valence-electron chi connectivity index (χ2n) is 7.83. The van der Waals surface area contributed by atoms with Crippen LogP contribution >= 0.6 is 0 Å². The van der Waals surface area contributed by atoms with Crippen molar-refractivity contribution >= 4 is 29.7 Å². The summed E-state index contributed by atoms with van der Waals surface area (Å²) in [5.41, 5.74) is 3.93. The summed E-state index contributed by atoms with van der Waals surface area (Å²) >= 11 is 0. The number of para-hydroxylation sites is 1. The van der Waals surface area contributed by atoms with Gasteiger partial charge in [0.2, 0.25) is 10.0 Å². The standard InChI is InChI=1S/C24H24BN3O4S/c25-21-15-27-24-20(21)13-16(19-5-1-2-6-23(19)30)14-22(24)26-11-3-4-12-28-33(31,32)18-9-7-17(29)8-10-18/h1-2,5-10,13-15,24,26,28-30H,3-4,11-12H2. The van der Waals surface area contributed by atoms with Crippen LogP contribution in [0.15, 0.2) is 87.3 Å². The summed E-state index contributed by atoms with van der Waals surface area (Å²) in [7, 11) is 2.50. The van der Waals surface area contributed by atoms with E-state index in [1.807, 2.05) is 24.3 Å². The number of aromatic hydroxyl groups is 2. The highest BCUT2D eigenvalue weighted by Crippen LogP contribution is 2.35. The van der Waals surface area contributed by atoms with E-state index < -0.39 is 10.0 Å². The molecule has 1 heterocycles. The lowest BCUT2D eigenvalue weighted by atomic mass is 9.84. The van der Waals surface area contributed by atoms with Crippen molar-refractivity contribution in [2.45, 2.75) is 23.8 Å². The first-order chi connectivity index (χ1) is 15.8. The first-order valence-corrected chi connectivity index (χ1v) is 12.1. The van der Waals surface area contributed by atoms with Crippen LogP contribution in [-0.2, 0) is 10.0 Å². The van der Waals surface area contributed by atoms with Crippen LogP contribution in [0.25, 0.3) is 5.57 Å². The topological polar surface area (TPSA) is 111 Å². The summed E-state index contributed by atoms with van der Waals surface area (Å²) in [5, 5.41) is 23.0. The van der Waals surface area contributed by atoms with Crippen molar-refractivity contribution < 1.29 is 18.6 Å². The maximum atomic E-state index is 12.3. The van der Waals surface area contributed by atoms with Crippen molar-refractivity contribution in [3.05, 3.63) is 83.0 Å². The van der Waals surface area contributed by atoms with E-state index in [9.17, 15) is 18.6 Å². The Morgan fingerprint density at radius 3 is 2.45 bits per heavy atom. The number of fused-ring (bicyclic) bond motifs is 1. The molecule has 1 aliphatic carbocycles. The van der Waals surface area contributed by atoms with E-state index in [0.29, 0.717) is 30.5 Å². The second-order valence-corrected chi connectivity index (χ2v) is 9.60. The molecule has 7 nitrogen and oxygen atoms in total. The van der Waals surface area contributed by atoms with Gasteiger partial charge < -0.3 is 15.5 Å². The van der Waals surface area contributed by atoms with Crippen molar-refractivity contribution in [2.24, 2.45) is 4.99 Å². The van der Waals surface area contributed by atoms with Gasteiger partial charge >= 0.3 is 0 Å². The number of nitrogens with zero attached hydrogens (tertiary/aromatic N) is 1. The molecule has 0 spiro atoms. The summed E-state index contributed by atoms with van der Waals surface area (Å²) < 4.78 is 27.2. The van der Waals surface area contributed by atoms with Gasteiger partial charge in [0, 0.05) is 30.6 Å². The minimum atomic E-state index is -3.61. The Labute approximate surface area is 194 Å². The molecule has 2 aromatic carbocycles. The molecule has 2 aromatic rings. The molecular formula is C24H24BN3O4S. The number of hydrogen-bond acceptors (Lipinski definition) is 6. The predicted octanol–water partition coefficient (Wildman–Crippen LogP) is 2.60. The molecule has 0 fully saturated rings. The van der Waals surface area contributed by atoms with Crippen LogP contribution in [0.2, 0.25) is 0 Å². The van der Waals surface area contributed by atoms with Gasteiger partial charge in [-0.25, -0.2) is 13.1 Å². The zero-order valence-electron chi connectivity index (χ0n) is 17.9. The maximum Gasteiger partial charge on any atom is 0.240 e. The van der Waals surface area contributed by atoms with Gasteiger partial charge in [-0.05, 0) is 66.5 Å². The number of nitrogens with one attached hydrogen (secondary N) is 2. The van der Waals surface area contributed by atoms with Gasteiger partial charge in [-0.3, -0.25) is 4.99 Å². The van der Waals surface area contributed by atoms with Crippen LogP contribution in [0.3, 0.4) is 0 Å². The fourth-order valence-corrected chi connectivity index (χ4v) is 4.83. The Bertz CT molecular complexity index is 1260. The molecule has 0 amide bonds. The number of hydrogen-bond donors (Lipinski definition) is 4. The van der Waals surface area contributed by atoms with Crippen LogP contribution in [0.5, 0.6) is 11.5 Å². The highest BCUT2D eigenvalue weighted by Gasteiger charge is 2.26. The Morgan fingerprint density at radius 1 is 0.970 bits per heavy atom. The van der Waals surface area contributed by atoms with E-state index in [0.717, 1.165) is 23.3 Å². The number of aliphatic imine (C=N–C) groups is 1. The van der Waals surface area contributed by atoms with Gasteiger partial charge in [0.1, 0.15) is 25.4 Å². The van der Waals surface area contributed by atoms with Crippen LogP contribution < -0.4 is 10.0 Å². The largest absolute Gasteiger partial charge is 0.508 e. The Kier molecular flexibility index (Phi) is 6.71. The molecule has 0 bridgehead atoms. The van der Waals surface area contributed by atoms with E-state index >= 15 is 0 Å². The highest BCUT2D eigenvalue weighted by atomic mass is 32.2. The fraction of sp³-hybridized carbons (Fsp3) is 0.208. The number of phenolic OH excluding ortho intramolecular Hbond substituents is 2. The van der Waals surface area contributed by atoms with E-state index in [1.165, 1.54) is 24.3 Å². The monoisotopic (exact) mass is 461 g/mol. The second kappa shape index (κ2) is 9.68. The number of unbranched alkanes of at least 4 members (excludes halogenated alkanes) is 1. The van der Waals surface area contributed by atoms with Crippen molar-refractivity contribution in [1.82, 2.24) is 10.0 Å². The summed E-state index contributed by atoms with van der Waals surface area (Å²) in [4.78, 5) is 4.60. The smallest absolute Gasteiger partial charge is 0.240 e. The molecule has 33 heavy (non-hydrogen) atoms. The fourth-order valence-electron chi connectivity index (χ4n) is 3.75. The van der Waals surface area contributed by atoms with E-state index in [-0.39, 0.29) is 22.4 Å². The van der Waals surface area contributed by atoms with Crippen LogP contribution in [-0.4, -0.2) is 51.8 Å². The van der Waals surface area contributed by atoms with E-state index in [1.54, 1.807) is 18.3 Å². The van der Waals surface area contributed by atoms with Gasteiger partial charge in [-0.15, -0.1) is 0 Å². The summed E-state index contributed by atoms with van der Waals surface area (Å²) in [6.45, 7) is 0.923. The minimum absolute atomic E-state index is 0.0175. The molecule has 4 rings (SSSR count). The van der Waals surface area contributed by atoms with Crippen molar-refractivity contribution in [3.63, 3.8) is 0 Å². The van der Waals surface area contributed by atoms with Crippen LogP contribution in [0, 0.1) is 0 Å². The summed E-state index contributed by atoms with van der Waals surface area (Å²) in [6.07, 6.45) is 6.94. The molecule has 168 valence electrons. The third-order valence-corrected chi connectivity index (χ3v) is 6.97. The van der Waals surface area contributed by atoms with Gasteiger partial charge in [0.25, 0.3) is 0 Å².